The summed E-state index contributed by atoms with van der Waals surface area (Å²) < 4.78 is 5.61. The number of hydrogen-bond acceptors (Lipinski definition) is 4. The highest BCUT2D eigenvalue weighted by Gasteiger charge is 2.08. The highest BCUT2D eigenvalue weighted by molar-refractivity contribution is 5.94. The van der Waals surface area contributed by atoms with Crippen molar-refractivity contribution in [3.63, 3.8) is 0 Å². The van der Waals surface area contributed by atoms with Crippen LogP contribution in [-0.4, -0.2) is 25.0 Å². The number of anilines is 3. The highest BCUT2D eigenvalue weighted by atomic mass is 16.5. The number of nitrogens with one attached hydrogen (secondary N) is 3. The van der Waals surface area contributed by atoms with Gasteiger partial charge in [-0.1, -0.05) is 33.3 Å². The van der Waals surface area contributed by atoms with Crippen molar-refractivity contribution >= 4 is 28.9 Å². The molecule has 0 saturated heterocycles. The Labute approximate surface area is 166 Å². The van der Waals surface area contributed by atoms with Crippen LogP contribution in [0.4, 0.5) is 17.1 Å². The number of unbranched alkanes of at least 4 members (excludes halogenated alkanes) is 1. The Morgan fingerprint density at radius 2 is 1.68 bits per heavy atom. The molecule has 0 fully saturated rings. The molecular weight excluding hydrogens is 354 g/mol. The lowest BCUT2D eigenvalue weighted by Crippen LogP contribution is -2.22. The van der Waals surface area contributed by atoms with Crippen molar-refractivity contribution in [2.75, 3.05) is 29.1 Å². The zero-order chi connectivity index (χ0) is 20.4. The van der Waals surface area contributed by atoms with E-state index in [1.54, 1.807) is 6.07 Å². The van der Waals surface area contributed by atoms with Gasteiger partial charge in [-0.15, -0.1) is 0 Å². The van der Waals surface area contributed by atoms with Gasteiger partial charge in [0, 0.05) is 23.0 Å². The molecule has 2 aromatic carbocycles. The second-order valence-corrected chi connectivity index (χ2v) is 6.85. The van der Waals surface area contributed by atoms with Crippen LogP contribution < -0.4 is 20.7 Å². The van der Waals surface area contributed by atoms with Crippen molar-refractivity contribution < 1.29 is 14.3 Å². The summed E-state index contributed by atoms with van der Waals surface area (Å²) in [6, 6.07) is 14.6. The minimum atomic E-state index is -0.156. The normalized spacial score (nSPS) is 10.4. The van der Waals surface area contributed by atoms with Gasteiger partial charge in [0.05, 0.1) is 13.2 Å². The molecular formula is C22H29N3O3. The fourth-order valence-electron chi connectivity index (χ4n) is 2.35. The first kappa shape index (κ1) is 21.3. The van der Waals surface area contributed by atoms with Crippen LogP contribution in [0.15, 0.2) is 48.5 Å². The van der Waals surface area contributed by atoms with Gasteiger partial charge >= 0.3 is 0 Å². The molecule has 0 aromatic heterocycles. The van der Waals surface area contributed by atoms with Crippen molar-refractivity contribution in [1.29, 1.82) is 0 Å². The molecule has 2 aromatic rings. The Bertz CT molecular complexity index is 773. The largest absolute Gasteiger partial charge is 0.494 e. The highest BCUT2D eigenvalue weighted by Crippen LogP contribution is 2.17. The van der Waals surface area contributed by atoms with E-state index in [0.29, 0.717) is 18.0 Å². The fourth-order valence-corrected chi connectivity index (χ4v) is 2.35. The summed E-state index contributed by atoms with van der Waals surface area (Å²) in [7, 11) is 0. The smallest absolute Gasteiger partial charge is 0.243 e. The maximum Gasteiger partial charge on any atom is 0.243 e. The maximum atomic E-state index is 12.2. The second-order valence-electron chi connectivity index (χ2n) is 6.85. The summed E-state index contributed by atoms with van der Waals surface area (Å²) in [6.07, 6.45) is 2.11. The number of rotatable bonds is 10. The molecule has 0 bridgehead atoms. The standard InChI is InChI=1S/C22H29N3O3/c1-4-5-13-28-20-11-9-17(10-12-20)24-21(26)15-23-18-7-6-8-19(14-18)25-22(27)16(2)3/h6-12,14,16,23H,4-5,13,15H2,1-3H3,(H,24,26)(H,25,27). The zero-order valence-corrected chi connectivity index (χ0v) is 16.7. The fraction of sp³-hybridized carbons (Fsp3) is 0.364. The van der Waals surface area contributed by atoms with Crippen LogP contribution in [0.25, 0.3) is 0 Å². The average molecular weight is 383 g/mol. The molecule has 0 atom stereocenters. The monoisotopic (exact) mass is 383 g/mol. The van der Waals surface area contributed by atoms with E-state index in [9.17, 15) is 9.59 Å². The molecule has 0 unspecified atom stereocenters. The van der Waals surface area contributed by atoms with E-state index in [0.717, 1.165) is 24.3 Å². The molecule has 6 nitrogen and oxygen atoms in total. The van der Waals surface area contributed by atoms with Crippen molar-refractivity contribution in [3.8, 4) is 5.75 Å². The predicted molar refractivity (Wildman–Crippen MR) is 114 cm³/mol. The average Bonchev–Trinajstić information content (AvgIpc) is 2.68. The molecule has 0 spiro atoms. The molecule has 2 amide bonds. The van der Waals surface area contributed by atoms with Gasteiger partial charge in [0.2, 0.25) is 11.8 Å². The maximum absolute atomic E-state index is 12.2. The number of carbonyl (C=O) groups is 2. The third-order valence-electron chi connectivity index (χ3n) is 4.01. The van der Waals surface area contributed by atoms with Crippen molar-refractivity contribution in [3.05, 3.63) is 48.5 Å². The van der Waals surface area contributed by atoms with Gasteiger partial charge in [-0.2, -0.15) is 0 Å². The summed E-state index contributed by atoms with van der Waals surface area (Å²) in [4.78, 5) is 23.9. The van der Waals surface area contributed by atoms with Crippen molar-refractivity contribution in [2.24, 2.45) is 5.92 Å². The topological polar surface area (TPSA) is 79.5 Å². The van der Waals surface area contributed by atoms with Crippen LogP contribution in [0.5, 0.6) is 5.75 Å². The van der Waals surface area contributed by atoms with E-state index in [2.05, 4.69) is 22.9 Å². The van der Waals surface area contributed by atoms with Crippen LogP contribution in [0.1, 0.15) is 33.6 Å². The van der Waals surface area contributed by atoms with E-state index >= 15 is 0 Å². The molecule has 0 aliphatic heterocycles. The summed E-state index contributed by atoms with van der Waals surface area (Å²) in [5.74, 6) is 0.504. The minimum absolute atomic E-state index is 0.0444. The molecule has 28 heavy (non-hydrogen) atoms. The van der Waals surface area contributed by atoms with E-state index in [4.69, 9.17) is 4.74 Å². The van der Waals surface area contributed by atoms with Gasteiger partial charge < -0.3 is 20.7 Å². The van der Waals surface area contributed by atoms with E-state index in [-0.39, 0.29) is 24.3 Å². The van der Waals surface area contributed by atoms with Gasteiger partial charge in [0.25, 0.3) is 0 Å². The first-order chi connectivity index (χ1) is 13.5. The van der Waals surface area contributed by atoms with Gasteiger partial charge in [0.15, 0.2) is 0 Å². The number of amides is 2. The SMILES string of the molecule is CCCCOc1ccc(NC(=O)CNc2cccc(NC(=O)C(C)C)c2)cc1. The number of ether oxygens (including phenoxy) is 1. The Balaban J connectivity index is 1.81. The molecule has 0 heterocycles. The van der Waals surface area contributed by atoms with Crippen molar-refractivity contribution in [2.45, 2.75) is 33.6 Å². The zero-order valence-electron chi connectivity index (χ0n) is 16.7. The Kier molecular flexibility index (Phi) is 8.34. The van der Waals surface area contributed by atoms with Crippen LogP contribution in [0.3, 0.4) is 0 Å². The third kappa shape index (κ3) is 7.31. The third-order valence-corrected chi connectivity index (χ3v) is 4.01. The van der Waals surface area contributed by atoms with Gasteiger partial charge in [0.1, 0.15) is 5.75 Å². The van der Waals surface area contributed by atoms with Crippen LogP contribution in [-0.2, 0) is 9.59 Å². The molecule has 0 radical (unpaired) electrons. The summed E-state index contributed by atoms with van der Waals surface area (Å²) in [5, 5.41) is 8.75. The lowest BCUT2D eigenvalue weighted by Gasteiger charge is -2.11. The Morgan fingerprint density at radius 3 is 2.36 bits per heavy atom. The molecule has 6 heteroatoms. The van der Waals surface area contributed by atoms with Crippen LogP contribution in [0, 0.1) is 5.92 Å². The number of hydrogen-bond donors (Lipinski definition) is 3. The molecule has 0 saturated carbocycles. The second kappa shape index (κ2) is 11.0. The first-order valence-corrected chi connectivity index (χ1v) is 9.65. The summed E-state index contributed by atoms with van der Waals surface area (Å²) in [6.45, 7) is 6.62. The lowest BCUT2D eigenvalue weighted by atomic mass is 10.2. The molecule has 150 valence electrons. The number of carbonyl (C=O) groups excluding carboxylic acids is 2. The quantitative estimate of drug-likeness (QED) is 0.527. The van der Waals surface area contributed by atoms with Gasteiger partial charge in [-0.25, -0.2) is 0 Å². The Hall–Kier alpha value is -3.02. The Morgan fingerprint density at radius 1 is 0.964 bits per heavy atom. The molecule has 0 aliphatic rings. The number of benzene rings is 2. The van der Waals surface area contributed by atoms with Crippen molar-refractivity contribution in [1.82, 2.24) is 0 Å². The predicted octanol–water partition coefficient (Wildman–Crippen LogP) is 4.51. The van der Waals surface area contributed by atoms with E-state index in [1.165, 1.54) is 0 Å². The molecule has 3 N–H and O–H groups in total. The van der Waals surface area contributed by atoms with Crippen LogP contribution >= 0.6 is 0 Å². The summed E-state index contributed by atoms with van der Waals surface area (Å²) >= 11 is 0. The van der Waals surface area contributed by atoms with Gasteiger partial charge in [-0.05, 0) is 48.9 Å². The van der Waals surface area contributed by atoms with E-state index in [1.807, 2.05) is 56.3 Å². The summed E-state index contributed by atoms with van der Waals surface area (Å²) in [5.41, 5.74) is 2.17. The minimum Gasteiger partial charge on any atom is -0.494 e. The van der Waals surface area contributed by atoms with Gasteiger partial charge in [-0.3, -0.25) is 9.59 Å². The molecule has 0 aliphatic carbocycles. The van der Waals surface area contributed by atoms with E-state index < -0.39 is 0 Å². The first-order valence-electron chi connectivity index (χ1n) is 9.65. The van der Waals surface area contributed by atoms with Crippen LogP contribution in [0.2, 0.25) is 0 Å². The molecule has 2 rings (SSSR count). The lowest BCUT2D eigenvalue weighted by molar-refractivity contribution is -0.119.